The van der Waals surface area contributed by atoms with E-state index in [1.165, 1.54) is 6.07 Å². The van der Waals surface area contributed by atoms with Crippen molar-refractivity contribution in [1.29, 1.82) is 0 Å². The minimum atomic E-state index is -0.572. The van der Waals surface area contributed by atoms with Gasteiger partial charge >= 0.3 is 0 Å². The van der Waals surface area contributed by atoms with Crippen molar-refractivity contribution in [2.45, 2.75) is 19.9 Å². The van der Waals surface area contributed by atoms with Gasteiger partial charge < -0.3 is 0 Å². The minimum absolute atomic E-state index is 0.208. The molecule has 1 unspecified atom stereocenters. The molecule has 0 aliphatic rings. The van der Waals surface area contributed by atoms with Gasteiger partial charge in [0.15, 0.2) is 0 Å². The molecule has 0 spiro atoms. The van der Waals surface area contributed by atoms with Crippen molar-refractivity contribution in [1.82, 2.24) is 5.43 Å². The number of halogens is 2. The zero-order valence-electron chi connectivity index (χ0n) is 10.9. The molecule has 2 rings (SSSR count). The Kier molecular flexibility index (Phi) is 3.93. The third-order valence-corrected chi connectivity index (χ3v) is 3.27. The molecule has 0 fully saturated rings. The maximum Gasteiger partial charge on any atom is 0.128 e. The highest BCUT2D eigenvalue weighted by atomic mass is 19.1. The Labute approximate surface area is 111 Å². The molecule has 0 heterocycles. The van der Waals surface area contributed by atoms with Crippen LogP contribution >= 0.6 is 0 Å². The van der Waals surface area contributed by atoms with E-state index in [4.69, 9.17) is 5.84 Å². The number of hydrazine groups is 1. The highest BCUT2D eigenvalue weighted by Gasteiger charge is 2.20. The largest absolute Gasteiger partial charge is 0.271 e. The quantitative estimate of drug-likeness (QED) is 0.658. The SMILES string of the molecule is Cc1cccc(C)c1C(NN)c1cc(F)ccc1F. The van der Waals surface area contributed by atoms with Crippen LogP contribution in [0.3, 0.4) is 0 Å². The maximum atomic E-state index is 13.9. The van der Waals surface area contributed by atoms with E-state index in [1.807, 2.05) is 32.0 Å². The van der Waals surface area contributed by atoms with Crippen LogP contribution in [0.2, 0.25) is 0 Å². The van der Waals surface area contributed by atoms with Crippen molar-refractivity contribution >= 4 is 0 Å². The molecule has 0 radical (unpaired) electrons. The Balaban J connectivity index is 2.59. The van der Waals surface area contributed by atoms with Crippen molar-refractivity contribution in [2.75, 3.05) is 0 Å². The van der Waals surface area contributed by atoms with E-state index in [0.29, 0.717) is 0 Å². The summed E-state index contributed by atoms with van der Waals surface area (Å²) in [5, 5.41) is 0. The third kappa shape index (κ3) is 2.64. The van der Waals surface area contributed by atoms with Gasteiger partial charge in [-0.1, -0.05) is 18.2 Å². The number of nitrogens with two attached hydrogens (primary N) is 1. The lowest BCUT2D eigenvalue weighted by Gasteiger charge is -2.21. The van der Waals surface area contributed by atoms with Crippen LogP contribution in [0, 0.1) is 25.5 Å². The smallest absolute Gasteiger partial charge is 0.128 e. The van der Waals surface area contributed by atoms with E-state index in [2.05, 4.69) is 5.43 Å². The summed E-state index contributed by atoms with van der Waals surface area (Å²) in [7, 11) is 0. The van der Waals surface area contributed by atoms with Gasteiger partial charge in [0, 0.05) is 5.56 Å². The van der Waals surface area contributed by atoms with Gasteiger partial charge in [0.25, 0.3) is 0 Å². The standard InChI is InChI=1S/C15H16F2N2/c1-9-4-3-5-10(2)14(9)15(19-18)12-8-11(16)6-7-13(12)17/h3-8,15,19H,18H2,1-2H3. The first-order valence-electron chi connectivity index (χ1n) is 6.01. The summed E-state index contributed by atoms with van der Waals surface area (Å²) in [4.78, 5) is 0. The number of rotatable bonds is 3. The summed E-state index contributed by atoms with van der Waals surface area (Å²) in [6, 6.07) is 8.57. The molecule has 0 amide bonds. The molecule has 0 saturated carbocycles. The second-order valence-corrected chi connectivity index (χ2v) is 4.57. The fourth-order valence-electron chi connectivity index (χ4n) is 2.35. The van der Waals surface area contributed by atoms with E-state index in [0.717, 1.165) is 28.8 Å². The van der Waals surface area contributed by atoms with Crippen molar-refractivity contribution < 1.29 is 8.78 Å². The van der Waals surface area contributed by atoms with Crippen LogP contribution in [0.15, 0.2) is 36.4 Å². The number of hydrogen-bond acceptors (Lipinski definition) is 2. The van der Waals surface area contributed by atoms with Crippen LogP contribution in [-0.2, 0) is 0 Å². The van der Waals surface area contributed by atoms with E-state index >= 15 is 0 Å². The number of nitrogens with one attached hydrogen (secondary N) is 1. The molecule has 0 aliphatic carbocycles. The molecule has 0 aromatic heterocycles. The first-order valence-corrected chi connectivity index (χ1v) is 6.01. The van der Waals surface area contributed by atoms with E-state index < -0.39 is 17.7 Å². The summed E-state index contributed by atoms with van der Waals surface area (Å²) < 4.78 is 27.2. The summed E-state index contributed by atoms with van der Waals surface area (Å²) >= 11 is 0. The Morgan fingerprint density at radius 2 is 1.68 bits per heavy atom. The minimum Gasteiger partial charge on any atom is -0.271 e. The lowest BCUT2D eigenvalue weighted by atomic mass is 9.91. The van der Waals surface area contributed by atoms with Gasteiger partial charge in [-0.05, 0) is 48.7 Å². The highest BCUT2D eigenvalue weighted by molar-refractivity contribution is 5.42. The van der Waals surface area contributed by atoms with Crippen LogP contribution in [0.25, 0.3) is 0 Å². The molecule has 2 aromatic rings. The molecule has 0 aliphatic heterocycles. The topological polar surface area (TPSA) is 38.0 Å². The third-order valence-electron chi connectivity index (χ3n) is 3.27. The molecule has 100 valence electrons. The van der Waals surface area contributed by atoms with Gasteiger partial charge in [-0.3, -0.25) is 5.84 Å². The van der Waals surface area contributed by atoms with Crippen molar-refractivity contribution in [3.63, 3.8) is 0 Å². The molecular formula is C15H16F2N2. The zero-order valence-corrected chi connectivity index (χ0v) is 10.9. The Hall–Kier alpha value is -1.78. The van der Waals surface area contributed by atoms with Crippen LogP contribution in [0.1, 0.15) is 28.3 Å². The van der Waals surface area contributed by atoms with Gasteiger partial charge in [-0.2, -0.15) is 0 Å². The van der Waals surface area contributed by atoms with Crippen molar-refractivity contribution in [2.24, 2.45) is 5.84 Å². The summed E-state index contributed by atoms with van der Waals surface area (Å²) in [5.74, 6) is 4.59. The molecule has 0 bridgehead atoms. The van der Waals surface area contributed by atoms with E-state index in [1.54, 1.807) is 0 Å². The van der Waals surface area contributed by atoms with Gasteiger partial charge in [-0.15, -0.1) is 0 Å². The Morgan fingerprint density at radius 3 is 2.26 bits per heavy atom. The molecule has 2 aromatic carbocycles. The lowest BCUT2D eigenvalue weighted by Crippen LogP contribution is -2.30. The van der Waals surface area contributed by atoms with Crippen molar-refractivity contribution in [3.05, 3.63) is 70.3 Å². The average molecular weight is 262 g/mol. The molecule has 3 N–H and O–H groups in total. The maximum absolute atomic E-state index is 13.9. The predicted molar refractivity (Wildman–Crippen MR) is 71.4 cm³/mol. The van der Waals surface area contributed by atoms with Gasteiger partial charge in [0.2, 0.25) is 0 Å². The summed E-state index contributed by atoms with van der Waals surface area (Å²) in [6.07, 6.45) is 0. The van der Waals surface area contributed by atoms with Gasteiger partial charge in [0.05, 0.1) is 6.04 Å². The first-order chi connectivity index (χ1) is 9.04. The normalized spacial score (nSPS) is 12.5. The van der Waals surface area contributed by atoms with Crippen molar-refractivity contribution in [3.8, 4) is 0 Å². The fourth-order valence-corrected chi connectivity index (χ4v) is 2.35. The average Bonchev–Trinajstić information content (AvgIpc) is 2.37. The monoisotopic (exact) mass is 262 g/mol. The molecule has 4 heteroatoms. The molecule has 1 atom stereocenters. The number of aryl methyl sites for hydroxylation is 2. The van der Waals surface area contributed by atoms with Gasteiger partial charge in [-0.25, -0.2) is 14.2 Å². The zero-order chi connectivity index (χ0) is 14.0. The predicted octanol–water partition coefficient (Wildman–Crippen LogP) is 3.13. The molecule has 19 heavy (non-hydrogen) atoms. The van der Waals surface area contributed by atoms with Crippen LogP contribution in [-0.4, -0.2) is 0 Å². The van der Waals surface area contributed by atoms with Crippen LogP contribution in [0.4, 0.5) is 8.78 Å². The Bertz CT molecular complexity index is 576. The summed E-state index contributed by atoms with van der Waals surface area (Å²) in [6.45, 7) is 3.84. The number of benzene rings is 2. The summed E-state index contributed by atoms with van der Waals surface area (Å²) in [5.41, 5.74) is 5.61. The molecule has 0 saturated heterocycles. The lowest BCUT2D eigenvalue weighted by molar-refractivity contribution is 0.543. The fraction of sp³-hybridized carbons (Fsp3) is 0.200. The molecular weight excluding hydrogens is 246 g/mol. The molecule has 2 nitrogen and oxygen atoms in total. The van der Waals surface area contributed by atoms with E-state index in [-0.39, 0.29) is 5.56 Å². The van der Waals surface area contributed by atoms with Crippen LogP contribution < -0.4 is 11.3 Å². The second kappa shape index (κ2) is 5.47. The van der Waals surface area contributed by atoms with Gasteiger partial charge in [0.1, 0.15) is 11.6 Å². The van der Waals surface area contributed by atoms with Crippen LogP contribution in [0.5, 0.6) is 0 Å². The first kappa shape index (κ1) is 13.6. The highest BCUT2D eigenvalue weighted by Crippen LogP contribution is 2.29. The second-order valence-electron chi connectivity index (χ2n) is 4.57. The van der Waals surface area contributed by atoms with E-state index in [9.17, 15) is 8.78 Å². The Morgan fingerprint density at radius 1 is 1.05 bits per heavy atom. The number of hydrogen-bond donors (Lipinski definition) is 2.